The summed E-state index contributed by atoms with van der Waals surface area (Å²) < 4.78 is 34.5. The molecule has 5 rings (SSSR count). The highest BCUT2D eigenvalue weighted by Crippen LogP contribution is 2.36. The summed E-state index contributed by atoms with van der Waals surface area (Å²) in [6.07, 6.45) is 4.13. The fourth-order valence-corrected chi connectivity index (χ4v) is 4.53. The Hall–Kier alpha value is -4.37. The second-order valence-electron chi connectivity index (χ2n) is 9.72. The number of pyridine rings is 1. The molecule has 0 saturated carbocycles. The molecular formula is C30H28F2N4O3. The number of benzene rings is 2. The van der Waals surface area contributed by atoms with Gasteiger partial charge < -0.3 is 19.7 Å². The maximum absolute atomic E-state index is 13.8. The topological polar surface area (TPSA) is 89.3 Å². The molecule has 9 heteroatoms. The maximum atomic E-state index is 13.8. The molecule has 0 spiro atoms. The number of carbonyl (C=O) groups excluding carboxylic acids is 1. The number of imidazole rings is 1. The van der Waals surface area contributed by atoms with Gasteiger partial charge in [-0.25, -0.2) is 18.7 Å². The summed E-state index contributed by atoms with van der Waals surface area (Å²) >= 11 is 0. The normalized spacial score (nSPS) is 17.5. The minimum absolute atomic E-state index is 0.0146. The molecule has 2 aromatic carbocycles. The van der Waals surface area contributed by atoms with E-state index in [1.54, 1.807) is 42.7 Å². The Morgan fingerprint density at radius 3 is 2.41 bits per heavy atom. The number of esters is 1. The first-order chi connectivity index (χ1) is 18.8. The molecule has 1 aliphatic heterocycles. The Balaban J connectivity index is 1.62. The van der Waals surface area contributed by atoms with Crippen molar-refractivity contribution >= 4 is 23.7 Å². The van der Waals surface area contributed by atoms with Crippen molar-refractivity contribution in [3.05, 3.63) is 90.4 Å². The van der Waals surface area contributed by atoms with Crippen molar-refractivity contribution in [1.82, 2.24) is 14.5 Å². The molecule has 4 aromatic rings. The van der Waals surface area contributed by atoms with Gasteiger partial charge in [-0.05, 0) is 66.7 Å². The van der Waals surface area contributed by atoms with Crippen LogP contribution >= 0.6 is 0 Å². The number of halogens is 2. The van der Waals surface area contributed by atoms with Crippen molar-refractivity contribution in [1.29, 1.82) is 0 Å². The number of rotatable bonds is 7. The first-order valence-corrected chi connectivity index (χ1v) is 12.7. The molecule has 1 fully saturated rings. The summed E-state index contributed by atoms with van der Waals surface area (Å²) in [4.78, 5) is 21.3. The number of hydrogen-bond acceptors (Lipinski definition) is 6. The van der Waals surface area contributed by atoms with E-state index >= 15 is 0 Å². The number of nitrogens with one attached hydrogen (secondary N) is 1. The van der Waals surface area contributed by atoms with Crippen molar-refractivity contribution in [3.63, 3.8) is 0 Å². The van der Waals surface area contributed by atoms with Crippen molar-refractivity contribution in [2.75, 3.05) is 5.32 Å². The summed E-state index contributed by atoms with van der Waals surface area (Å²) in [5.74, 6) is 0.163. The van der Waals surface area contributed by atoms with E-state index in [0.717, 1.165) is 22.6 Å². The van der Waals surface area contributed by atoms with Gasteiger partial charge in [-0.15, -0.1) is 0 Å². The molecule has 0 unspecified atom stereocenters. The zero-order valence-electron chi connectivity index (χ0n) is 21.5. The smallest absolute Gasteiger partial charge is 0.309 e. The van der Waals surface area contributed by atoms with Gasteiger partial charge in [0.2, 0.25) is 0 Å². The molecule has 1 aliphatic rings. The van der Waals surface area contributed by atoms with Gasteiger partial charge >= 0.3 is 5.97 Å². The minimum atomic E-state index is -0.761. The van der Waals surface area contributed by atoms with Crippen molar-refractivity contribution < 1.29 is 23.4 Å². The number of aliphatic hydroxyl groups excluding tert-OH is 1. The molecule has 3 heterocycles. The Kier molecular flexibility index (Phi) is 7.51. The lowest BCUT2D eigenvalue weighted by molar-refractivity contribution is -0.156. The average molecular weight is 531 g/mol. The highest BCUT2D eigenvalue weighted by atomic mass is 19.1. The standard InChI is InChI=1S/C30H28F2N4O3/c1-18(2)30-35-28(19-3-5-21(31)6-4-19)29(36(30)14-12-25-16-24(37)17-27(38)39-25)20-11-13-33-26(15-20)34-23-9-7-22(32)8-10-23/h3-15,18,24-25,37H,16-17H2,1-2H3,(H,33,34)/b14-12+/t24-,25-/m1/s1. The second-order valence-corrected chi connectivity index (χ2v) is 9.72. The lowest BCUT2D eigenvalue weighted by Crippen LogP contribution is -2.31. The van der Waals surface area contributed by atoms with Crippen LogP contribution in [0.25, 0.3) is 28.7 Å². The number of aromatic nitrogens is 3. The van der Waals surface area contributed by atoms with E-state index in [0.29, 0.717) is 23.6 Å². The van der Waals surface area contributed by atoms with Gasteiger partial charge in [0, 0.05) is 41.5 Å². The SMILES string of the molecule is CC(C)c1nc(-c2ccc(F)cc2)c(-c2ccnc(Nc3ccc(F)cc3)c2)n1/C=C/[C@@H]1C[C@@H](O)CC(=O)O1. The third-order valence-electron chi connectivity index (χ3n) is 6.36. The van der Waals surface area contributed by atoms with Gasteiger partial charge in [0.05, 0.1) is 23.9 Å². The Morgan fingerprint density at radius 1 is 1.05 bits per heavy atom. The fourth-order valence-electron chi connectivity index (χ4n) is 4.53. The number of nitrogens with zero attached hydrogens (tertiary/aromatic N) is 3. The van der Waals surface area contributed by atoms with Crippen molar-refractivity contribution in [2.24, 2.45) is 0 Å². The average Bonchev–Trinajstić information content (AvgIpc) is 3.29. The zero-order chi connectivity index (χ0) is 27.5. The zero-order valence-corrected chi connectivity index (χ0v) is 21.5. The summed E-state index contributed by atoms with van der Waals surface area (Å²) in [5.41, 5.74) is 3.55. The predicted molar refractivity (Wildman–Crippen MR) is 145 cm³/mol. The lowest BCUT2D eigenvalue weighted by atomic mass is 10.0. The second kappa shape index (κ2) is 11.2. The van der Waals surface area contributed by atoms with E-state index in [-0.39, 0.29) is 24.0 Å². The third kappa shape index (κ3) is 6.04. The van der Waals surface area contributed by atoms with E-state index in [1.807, 2.05) is 30.5 Å². The molecule has 0 bridgehead atoms. The molecule has 39 heavy (non-hydrogen) atoms. The first-order valence-electron chi connectivity index (χ1n) is 12.7. The van der Waals surface area contributed by atoms with Crippen LogP contribution in [0.15, 0.2) is 72.9 Å². The first kappa shape index (κ1) is 26.2. The molecule has 2 N–H and O–H groups in total. The molecule has 2 atom stereocenters. The summed E-state index contributed by atoms with van der Waals surface area (Å²) in [5, 5.41) is 13.2. The van der Waals surface area contributed by atoms with Crippen LogP contribution in [0.1, 0.15) is 38.4 Å². The number of ether oxygens (including phenoxy) is 1. The van der Waals surface area contributed by atoms with E-state index in [4.69, 9.17) is 9.72 Å². The Labute approximate surface area is 224 Å². The van der Waals surface area contributed by atoms with Gasteiger partial charge in [0.1, 0.15) is 29.4 Å². The summed E-state index contributed by atoms with van der Waals surface area (Å²) in [6.45, 7) is 4.03. The Bertz CT molecular complexity index is 1500. The van der Waals surface area contributed by atoms with Gasteiger partial charge in [-0.3, -0.25) is 4.79 Å². The molecule has 0 radical (unpaired) electrons. The van der Waals surface area contributed by atoms with Crippen LogP contribution in [0, 0.1) is 11.6 Å². The van der Waals surface area contributed by atoms with E-state index < -0.39 is 18.2 Å². The van der Waals surface area contributed by atoms with Gasteiger partial charge in [0.25, 0.3) is 0 Å². The highest BCUT2D eigenvalue weighted by molar-refractivity contribution is 5.82. The van der Waals surface area contributed by atoms with Crippen LogP contribution in [0.3, 0.4) is 0 Å². The maximum Gasteiger partial charge on any atom is 0.309 e. The fraction of sp³-hybridized carbons (Fsp3) is 0.233. The van der Waals surface area contributed by atoms with Crippen LogP contribution in [0.4, 0.5) is 20.3 Å². The third-order valence-corrected chi connectivity index (χ3v) is 6.36. The largest absolute Gasteiger partial charge is 0.458 e. The van der Waals surface area contributed by atoms with Crippen LogP contribution in [0.2, 0.25) is 0 Å². The molecule has 0 aliphatic carbocycles. The lowest BCUT2D eigenvalue weighted by Gasteiger charge is -2.23. The summed E-state index contributed by atoms with van der Waals surface area (Å²) in [7, 11) is 0. The number of carbonyl (C=O) groups is 1. The van der Waals surface area contributed by atoms with Crippen LogP contribution in [-0.4, -0.2) is 37.8 Å². The van der Waals surface area contributed by atoms with E-state index in [2.05, 4.69) is 10.3 Å². The van der Waals surface area contributed by atoms with E-state index in [9.17, 15) is 18.7 Å². The quantitative estimate of drug-likeness (QED) is 0.273. The van der Waals surface area contributed by atoms with Crippen molar-refractivity contribution in [3.8, 4) is 22.5 Å². The molecule has 200 valence electrons. The molecule has 7 nitrogen and oxygen atoms in total. The molecular weight excluding hydrogens is 502 g/mol. The number of aliphatic hydroxyl groups is 1. The number of hydrogen-bond donors (Lipinski definition) is 2. The molecule has 2 aromatic heterocycles. The van der Waals surface area contributed by atoms with Gasteiger partial charge in [-0.1, -0.05) is 13.8 Å². The summed E-state index contributed by atoms with van der Waals surface area (Å²) in [6, 6.07) is 15.8. The number of anilines is 2. The van der Waals surface area contributed by atoms with Gasteiger partial charge in [0.15, 0.2) is 0 Å². The van der Waals surface area contributed by atoms with Gasteiger partial charge in [-0.2, -0.15) is 0 Å². The molecule has 0 amide bonds. The van der Waals surface area contributed by atoms with Crippen molar-refractivity contribution in [2.45, 2.75) is 44.8 Å². The monoisotopic (exact) mass is 530 g/mol. The van der Waals surface area contributed by atoms with Crippen LogP contribution in [-0.2, 0) is 9.53 Å². The van der Waals surface area contributed by atoms with Crippen LogP contribution < -0.4 is 5.32 Å². The Morgan fingerprint density at radius 2 is 1.74 bits per heavy atom. The minimum Gasteiger partial charge on any atom is -0.458 e. The molecule has 1 saturated heterocycles. The van der Waals surface area contributed by atoms with E-state index in [1.165, 1.54) is 24.3 Å². The number of cyclic esters (lactones) is 1. The van der Waals surface area contributed by atoms with Crippen LogP contribution in [0.5, 0.6) is 0 Å². The highest BCUT2D eigenvalue weighted by Gasteiger charge is 2.26. The predicted octanol–water partition coefficient (Wildman–Crippen LogP) is 6.29.